The molecule has 0 saturated carbocycles. The number of allylic oxidation sites excluding steroid dienone is 2. The standard InChI is InChI=1S/C44H36FN/c1-33-16-22-38(23-17-33)44(39-24-18-34(2)19-25-39)32-46(41-13-7-4-8-14-41)42-30-20-35(21-31-42)10-9-15-43(36-11-5-3-6-12-36)37-26-28-40(45)29-27-37/h3-32H,1-2H3/b10-9+,43-15+. The second kappa shape index (κ2) is 14.4. The van der Waals surface area contributed by atoms with Crippen molar-refractivity contribution >= 4 is 28.6 Å². The lowest BCUT2D eigenvalue weighted by Crippen LogP contribution is -2.10. The summed E-state index contributed by atoms with van der Waals surface area (Å²) >= 11 is 0. The van der Waals surface area contributed by atoms with Gasteiger partial charge < -0.3 is 4.90 Å². The van der Waals surface area contributed by atoms with Crippen LogP contribution in [0.1, 0.15) is 38.9 Å². The molecule has 0 spiro atoms. The molecule has 0 amide bonds. The third-order valence-corrected chi connectivity index (χ3v) is 7.98. The predicted molar refractivity (Wildman–Crippen MR) is 193 cm³/mol. The monoisotopic (exact) mass is 597 g/mol. The molecule has 0 radical (unpaired) electrons. The van der Waals surface area contributed by atoms with Crippen LogP contribution in [0.25, 0.3) is 17.2 Å². The second-order valence-corrected chi connectivity index (χ2v) is 11.4. The van der Waals surface area contributed by atoms with Crippen LogP contribution in [-0.2, 0) is 0 Å². The van der Waals surface area contributed by atoms with Crippen LogP contribution in [0.3, 0.4) is 0 Å². The molecule has 0 atom stereocenters. The number of rotatable bonds is 9. The van der Waals surface area contributed by atoms with Crippen molar-refractivity contribution < 1.29 is 4.39 Å². The van der Waals surface area contributed by atoms with Gasteiger partial charge in [-0.2, -0.15) is 0 Å². The summed E-state index contributed by atoms with van der Waals surface area (Å²) in [6.45, 7) is 4.23. The minimum Gasteiger partial charge on any atom is -0.317 e. The molecule has 0 saturated heterocycles. The van der Waals surface area contributed by atoms with Crippen molar-refractivity contribution in [3.8, 4) is 0 Å². The number of hydrogen-bond donors (Lipinski definition) is 0. The Morgan fingerprint density at radius 2 is 0.935 bits per heavy atom. The van der Waals surface area contributed by atoms with Crippen LogP contribution >= 0.6 is 0 Å². The van der Waals surface area contributed by atoms with Crippen LogP contribution in [-0.4, -0.2) is 0 Å². The molecule has 1 nitrogen and oxygen atoms in total. The summed E-state index contributed by atoms with van der Waals surface area (Å²) in [6, 6.07) is 53.4. The molecule has 0 aliphatic heterocycles. The molecular weight excluding hydrogens is 561 g/mol. The minimum atomic E-state index is -0.240. The molecule has 6 aromatic rings. The summed E-state index contributed by atoms with van der Waals surface area (Å²) < 4.78 is 13.7. The Kier molecular flexibility index (Phi) is 9.46. The average Bonchev–Trinajstić information content (AvgIpc) is 3.10. The average molecular weight is 598 g/mol. The SMILES string of the molecule is Cc1ccc(C(=CN(c2ccccc2)c2ccc(/C=C/C=C(\c3ccccc3)c3ccc(F)cc3)cc2)c2ccc(C)cc2)cc1. The Morgan fingerprint density at radius 3 is 1.50 bits per heavy atom. The second-order valence-electron chi connectivity index (χ2n) is 11.4. The normalized spacial score (nSPS) is 11.4. The molecule has 0 N–H and O–H groups in total. The highest BCUT2D eigenvalue weighted by atomic mass is 19.1. The van der Waals surface area contributed by atoms with Crippen LogP contribution < -0.4 is 4.90 Å². The molecule has 6 rings (SSSR count). The van der Waals surface area contributed by atoms with E-state index < -0.39 is 0 Å². The fourth-order valence-electron chi connectivity index (χ4n) is 5.41. The van der Waals surface area contributed by atoms with E-state index in [2.05, 4.69) is 152 Å². The zero-order chi connectivity index (χ0) is 31.7. The number of benzene rings is 6. The number of hydrogen-bond acceptors (Lipinski definition) is 1. The molecule has 0 heterocycles. The van der Waals surface area contributed by atoms with Gasteiger partial charge >= 0.3 is 0 Å². The fraction of sp³-hybridized carbons (Fsp3) is 0.0455. The van der Waals surface area contributed by atoms with E-state index in [1.165, 1.54) is 23.3 Å². The summed E-state index contributed by atoms with van der Waals surface area (Å²) in [5.74, 6) is -0.240. The maximum atomic E-state index is 13.7. The van der Waals surface area contributed by atoms with E-state index in [4.69, 9.17) is 0 Å². The molecule has 0 aliphatic rings. The van der Waals surface area contributed by atoms with Gasteiger partial charge in [-0.3, -0.25) is 0 Å². The number of aryl methyl sites for hydroxylation is 2. The fourth-order valence-corrected chi connectivity index (χ4v) is 5.41. The smallest absolute Gasteiger partial charge is 0.123 e. The largest absolute Gasteiger partial charge is 0.317 e. The highest BCUT2D eigenvalue weighted by Gasteiger charge is 2.12. The van der Waals surface area contributed by atoms with Gasteiger partial charge in [0.1, 0.15) is 5.82 Å². The van der Waals surface area contributed by atoms with Crippen molar-refractivity contribution in [2.75, 3.05) is 4.90 Å². The van der Waals surface area contributed by atoms with Crippen molar-refractivity contribution in [1.29, 1.82) is 0 Å². The van der Waals surface area contributed by atoms with Gasteiger partial charge in [0.05, 0.1) is 0 Å². The molecule has 6 aromatic carbocycles. The molecule has 0 unspecified atom stereocenters. The van der Waals surface area contributed by atoms with Crippen LogP contribution in [0.2, 0.25) is 0 Å². The molecule has 46 heavy (non-hydrogen) atoms. The summed E-state index contributed by atoms with van der Waals surface area (Å²) in [4.78, 5) is 2.25. The first kappa shape index (κ1) is 30.3. The third-order valence-electron chi connectivity index (χ3n) is 7.98. The van der Waals surface area contributed by atoms with E-state index in [0.717, 1.165) is 50.3 Å². The van der Waals surface area contributed by atoms with Crippen LogP contribution in [0.15, 0.2) is 176 Å². The quantitative estimate of drug-likeness (QED) is 0.150. The Bertz CT molecular complexity index is 1900. The molecule has 2 heteroatoms. The van der Waals surface area contributed by atoms with E-state index in [0.29, 0.717) is 0 Å². The lowest BCUT2D eigenvalue weighted by atomic mass is 9.96. The number of nitrogens with zero attached hydrogens (tertiary/aromatic N) is 1. The van der Waals surface area contributed by atoms with Crippen molar-refractivity contribution in [2.24, 2.45) is 0 Å². The van der Waals surface area contributed by atoms with Crippen molar-refractivity contribution in [3.05, 3.63) is 221 Å². The first-order valence-corrected chi connectivity index (χ1v) is 15.5. The molecule has 0 aromatic heterocycles. The van der Waals surface area contributed by atoms with E-state index in [1.54, 1.807) is 0 Å². The molecular formula is C44H36FN. The van der Waals surface area contributed by atoms with E-state index in [-0.39, 0.29) is 5.82 Å². The number of para-hydroxylation sites is 1. The summed E-state index contributed by atoms with van der Waals surface area (Å²) in [6.07, 6.45) is 8.49. The summed E-state index contributed by atoms with van der Waals surface area (Å²) in [5.41, 5.74) is 12.3. The first-order valence-electron chi connectivity index (χ1n) is 15.5. The van der Waals surface area contributed by atoms with Gasteiger partial charge in [-0.25, -0.2) is 4.39 Å². The lowest BCUT2D eigenvalue weighted by Gasteiger charge is -2.23. The predicted octanol–water partition coefficient (Wildman–Crippen LogP) is 11.8. The Balaban J connectivity index is 1.35. The molecule has 0 fully saturated rings. The number of halogens is 1. The van der Waals surface area contributed by atoms with Crippen LogP contribution in [0.5, 0.6) is 0 Å². The first-order chi connectivity index (χ1) is 22.5. The van der Waals surface area contributed by atoms with Gasteiger partial charge in [0, 0.05) is 23.1 Å². The highest BCUT2D eigenvalue weighted by molar-refractivity contribution is 5.84. The van der Waals surface area contributed by atoms with Crippen LogP contribution in [0.4, 0.5) is 15.8 Å². The number of anilines is 2. The highest BCUT2D eigenvalue weighted by Crippen LogP contribution is 2.32. The van der Waals surface area contributed by atoms with Gasteiger partial charge in [0.2, 0.25) is 0 Å². The van der Waals surface area contributed by atoms with Crippen LogP contribution in [0, 0.1) is 19.7 Å². The molecule has 224 valence electrons. The topological polar surface area (TPSA) is 3.24 Å². The van der Waals surface area contributed by atoms with Gasteiger partial charge in [-0.05, 0) is 83.6 Å². The maximum absolute atomic E-state index is 13.7. The summed E-state index contributed by atoms with van der Waals surface area (Å²) in [5, 5.41) is 0. The lowest BCUT2D eigenvalue weighted by molar-refractivity contribution is 0.627. The molecule has 0 aliphatic carbocycles. The van der Waals surface area contributed by atoms with E-state index in [9.17, 15) is 4.39 Å². The van der Waals surface area contributed by atoms with Crippen molar-refractivity contribution in [2.45, 2.75) is 13.8 Å². The Hall–Kier alpha value is -5.73. The Labute approximate surface area is 271 Å². The third kappa shape index (κ3) is 7.49. The van der Waals surface area contributed by atoms with Gasteiger partial charge in [0.15, 0.2) is 0 Å². The zero-order valence-electron chi connectivity index (χ0n) is 26.1. The van der Waals surface area contributed by atoms with E-state index in [1.807, 2.05) is 36.4 Å². The Morgan fingerprint density at radius 1 is 0.478 bits per heavy atom. The van der Waals surface area contributed by atoms with Gasteiger partial charge in [-0.1, -0.05) is 151 Å². The zero-order valence-corrected chi connectivity index (χ0v) is 26.1. The minimum absolute atomic E-state index is 0.240. The summed E-state index contributed by atoms with van der Waals surface area (Å²) in [7, 11) is 0. The van der Waals surface area contributed by atoms with Crippen molar-refractivity contribution in [1.82, 2.24) is 0 Å². The molecule has 0 bridgehead atoms. The van der Waals surface area contributed by atoms with Gasteiger partial charge in [-0.15, -0.1) is 0 Å². The van der Waals surface area contributed by atoms with Crippen molar-refractivity contribution in [3.63, 3.8) is 0 Å². The maximum Gasteiger partial charge on any atom is 0.123 e. The van der Waals surface area contributed by atoms with E-state index >= 15 is 0 Å². The van der Waals surface area contributed by atoms with Gasteiger partial charge in [0.25, 0.3) is 0 Å².